The highest BCUT2D eigenvalue weighted by Crippen LogP contribution is 2.12. The van der Waals surface area contributed by atoms with Crippen LogP contribution in [0.2, 0.25) is 0 Å². The Morgan fingerprint density at radius 1 is 0.931 bits per heavy atom. The van der Waals surface area contributed by atoms with E-state index in [4.69, 9.17) is 4.74 Å². The first kappa shape index (κ1) is 24.5. The maximum Gasteiger partial charge on any atom is 0.408 e. The van der Waals surface area contributed by atoms with Crippen molar-refractivity contribution in [3.8, 4) is 0 Å². The van der Waals surface area contributed by atoms with E-state index in [1.807, 2.05) is 45.9 Å². The third-order valence-electron chi connectivity index (χ3n) is 4.00. The van der Waals surface area contributed by atoms with Crippen molar-refractivity contribution in [2.24, 2.45) is 11.8 Å². The lowest BCUT2D eigenvalue weighted by molar-refractivity contribution is -0.129. The van der Waals surface area contributed by atoms with Gasteiger partial charge in [0.1, 0.15) is 17.7 Å². The zero-order valence-electron chi connectivity index (χ0n) is 18.5. The molecule has 3 amide bonds. The molecule has 0 aliphatic carbocycles. The van der Waals surface area contributed by atoms with Gasteiger partial charge in [0.2, 0.25) is 11.8 Å². The van der Waals surface area contributed by atoms with Crippen molar-refractivity contribution in [2.75, 3.05) is 5.32 Å². The van der Waals surface area contributed by atoms with Crippen LogP contribution in [0.4, 0.5) is 10.5 Å². The van der Waals surface area contributed by atoms with Crippen LogP contribution in [-0.4, -0.2) is 35.6 Å². The second-order valence-corrected chi connectivity index (χ2v) is 8.91. The molecule has 0 unspecified atom stereocenters. The predicted octanol–water partition coefficient (Wildman–Crippen LogP) is 3.71. The van der Waals surface area contributed by atoms with Gasteiger partial charge in [-0.25, -0.2) is 4.79 Å². The molecule has 1 aromatic rings. The quantitative estimate of drug-likeness (QED) is 0.614. The highest BCUT2D eigenvalue weighted by atomic mass is 16.6. The van der Waals surface area contributed by atoms with E-state index in [9.17, 15) is 14.4 Å². The third kappa shape index (κ3) is 9.45. The number of anilines is 1. The summed E-state index contributed by atoms with van der Waals surface area (Å²) in [5.41, 5.74) is -0.00882. The van der Waals surface area contributed by atoms with Crippen LogP contribution in [0.3, 0.4) is 0 Å². The second kappa shape index (κ2) is 10.8. The number of benzene rings is 1. The molecule has 162 valence electrons. The summed E-state index contributed by atoms with van der Waals surface area (Å²) in [6.45, 7) is 12.9. The molecule has 0 heterocycles. The van der Waals surface area contributed by atoms with Gasteiger partial charge in [-0.05, 0) is 51.2 Å². The molecular formula is C22H35N3O4. The molecule has 29 heavy (non-hydrogen) atoms. The third-order valence-corrected chi connectivity index (χ3v) is 4.00. The summed E-state index contributed by atoms with van der Waals surface area (Å²) in [5, 5.41) is 8.24. The maximum atomic E-state index is 12.9. The Hall–Kier alpha value is -2.57. The van der Waals surface area contributed by atoms with Gasteiger partial charge in [0, 0.05) is 5.69 Å². The normalized spacial score (nSPS) is 13.6. The Labute approximate surface area is 174 Å². The van der Waals surface area contributed by atoms with Gasteiger partial charge in [0.25, 0.3) is 0 Å². The molecular weight excluding hydrogens is 370 g/mol. The SMILES string of the molecule is CC(C)C[C@@H](NC(=O)[C@@H](NC(=O)OC(C)(C)C)C(C)C)C(=O)Nc1ccccc1. The summed E-state index contributed by atoms with van der Waals surface area (Å²) in [5.74, 6) is -0.699. The van der Waals surface area contributed by atoms with Gasteiger partial charge in [-0.1, -0.05) is 45.9 Å². The molecule has 7 nitrogen and oxygen atoms in total. The molecule has 0 saturated carbocycles. The van der Waals surface area contributed by atoms with Crippen LogP contribution in [0.1, 0.15) is 54.9 Å². The fourth-order valence-electron chi connectivity index (χ4n) is 2.68. The smallest absolute Gasteiger partial charge is 0.408 e. The van der Waals surface area contributed by atoms with E-state index in [1.54, 1.807) is 32.9 Å². The zero-order chi connectivity index (χ0) is 22.2. The molecule has 1 aromatic carbocycles. The number of rotatable bonds is 8. The van der Waals surface area contributed by atoms with Crippen molar-refractivity contribution in [1.82, 2.24) is 10.6 Å². The van der Waals surface area contributed by atoms with Gasteiger partial charge in [0.15, 0.2) is 0 Å². The van der Waals surface area contributed by atoms with Gasteiger partial charge < -0.3 is 20.7 Å². The summed E-state index contributed by atoms with van der Waals surface area (Å²) < 4.78 is 5.26. The molecule has 3 N–H and O–H groups in total. The summed E-state index contributed by atoms with van der Waals surface area (Å²) in [4.78, 5) is 37.7. The molecule has 0 spiro atoms. The fourth-order valence-corrected chi connectivity index (χ4v) is 2.68. The molecule has 0 aliphatic rings. The number of para-hydroxylation sites is 1. The lowest BCUT2D eigenvalue weighted by Gasteiger charge is -2.27. The zero-order valence-corrected chi connectivity index (χ0v) is 18.5. The van der Waals surface area contributed by atoms with E-state index in [2.05, 4.69) is 16.0 Å². The highest BCUT2D eigenvalue weighted by Gasteiger charge is 2.30. The predicted molar refractivity (Wildman–Crippen MR) is 114 cm³/mol. The molecule has 0 aliphatic heterocycles. The lowest BCUT2D eigenvalue weighted by atomic mass is 10.00. The van der Waals surface area contributed by atoms with Crippen LogP contribution in [0.5, 0.6) is 0 Å². The number of nitrogens with one attached hydrogen (secondary N) is 3. The minimum Gasteiger partial charge on any atom is -0.444 e. The first-order chi connectivity index (χ1) is 13.4. The Balaban J connectivity index is 2.87. The van der Waals surface area contributed by atoms with E-state index in [0.717, 1.165) is 0 Å². The minimum atomic E-state index is -0.816. The Kier molecular flexibility index (Phi) is 9.14. The van der Waals surface area contributed by atoms with Crippen molar-refractivity contribution in [3.63, 3.8) is 0 Å². The standard InChI is InChI=1S/C22H35N3O4/c1-14(2)13-17(19(26)23-16-11-9-8-10-12-16)24-20(27)18(15(3)4)25-21(28)29-22(5,6)7/h8-12,14-15,17-18H,13H2,1-7H3,(H,23,26)(H,24,27)(H,25,28)/t17-,18+/m1/s1. The molecule has 2 atom stereocenters. The van der Waals surface area contributed by atoms with E-state index >= 15 is 0 Å². The Morgan fingerprint density at radius 3 is 2.00 bits per heavy atom. The van der Waals surface area contributed by atoms with Gasteiger partial charge in [-0.3, -0.25) is 9.59 Å². The van der Waals surface area contributed by atoms with Crippen molar-refractivity contribution < 1.29 is 19.1 Å². The maximum absolute atomic E-state index is 12.9. The molecule has 0 saturated heterocycles. The lowest BCUT2D eigenvalue weighted by Crippen LogP contribution is -2.55. The summed E-state index contributed by atoms with van der Waals surface area (Å²) in [6, 6.07) is 7.54. The van der Waals surface area contributed by atoms with Crippen molar-refractivity contribution in [1.29, 1.82) is 0 Å². The topological polar surface area (TPSA) is 96.5 Å². The van der Waals surface area contributed by atoms with E-state index in [0.29, 0.717) is 12.1 Å². The summed E-state index contributed by atoms with van der Waals surface area (Å²) in [7, 11) is 0. The van der Waals surface area contributed by atoms with Crippen molar-refractivity contribution >= 4 is 23.6 Å². The number of carbonyl (C=O) groups is 3. The molecule has 0 radical (unpaired) electrons. The van der Waals surface area contributed by atoms with Gasteiger partial charge >= 0.3 is 6.09 Å². The largest absolute Gasteiger partial charge is 0.444 e. The fraction of sp³-hybridized carbons (Fsp3) is 0.591. The van der Waals surface area contributed by atoms with Crippen LogP contribution < -0.4 is 16.0 Å². The highest BCUT2D eigenvalue weighted by molar-refractivity contribution is 5.98. The summed E-state index contributed by atoms with van der Waals surface area (Å²) in [6.07, 6.45) is -0.192. The van der Waals surface area contributed by atoms with Crippen LogP contribution in [0, 0.1) is 11.8 Å². The first-order valence-electron chi connectivity index (χ1n) is 10.0. The monoisotopic (exact) mass is 405 g/mol. The van der Waals surface area contributed by atoms with Gasteiger partial charge in [-0.15, -0.1) is 0 Å². The number of ether oxygens (including phenoxy) is 1. The number of hydrogen-bond donors (Lipinski definition) is 3. The van der Waals surface area contributed by atoms with E-state index in [1.165, 1.54) is 0 Å². The number of amides is 3. The van der Waals surface area contributed by atoms with E-state index < -0.39 is 29.7 Å². The first-order valence-corrected chi connectivity index (χ1v) is 10.0. The molecule has 7 heteroatoms. The van der Waals surface area contributed by atoms with Crippen LogP contribution >= 0.6 is 0 Å². The van der Waals surface area contributed by atoms with Crippen molar-refractivity contribution in [3.05, 3.63) is 30.3 Å². The molecule has 0 bridgehead atoms. The average molecular weight is 406 g/mol. The number of hydrogen-bond acceptors (Lipinski definition) is 4. The van der Waals surface area contributed by atoms with E-state index in [-0.39, 0.29) is 17.7 Å². The molecule has 0 aromatic heterocycles. The Morgan fingerprint density at radius 2 is 1.52 bits per heavy atom. The van der Waals surface area contributed by atoms with Crippen LogP contribution in [0.15, 0.2) is 30.3 Å². The molecule has 1 rings (SSSR count). The average Bonchev–Trinajstić information content (AvgIpc) is 2.57. The molecule has 0 fully saturated rings. The van der Waals surface area contributed by atoms with Crippen LogP contribution in [-0.2, 0) is 14.3 Å². The van der Waals surface area contributed by atoms with Crippen LogP contribution in [0.25, 0.3) is 0 Å². The minimum absolute atomic E-state index is 0.181. The Bertz CT molecular complexity index is 681. The number of carbonyl (C=O) groups excluding carboxylic acids is 3. The second-order valence-electron chi connectivity index (χ2n) is 8.91. The van der Waals surface area contributed by atoms with Gasteiger partial charge in [0.05, 0.1) is 0 Å². The summed E-state index contributed by atoms with van der Waals surface area (Å²) >= 11 is 0. The van der Waals surface area contributed by atoms with Crippen molar-refractivity contribution in [2.45, 2.75) is 72.6 Å². The van der Waals surface area contributed by atoms with Gasteiger partial charge in [-0.2, -0.15) is 0 Å². The number of alkyl carbamates (subject to hydrolysis) is 1.